The van der Waals surface area contributed by atoms with Gasteiger partial charge in [0.1, 0.15) is 6.04 Å². The van der Waals surface area contributed by atoms with Crippen LogP contribution in [0.1, 0.15) is 30.5 Å². The third-order valence-corrected chi connectivity index (χ3v) is 6.44. The van der Waals surface area contributed by atoms with Crippen LogP contribution in [0.15, 0.2) is 72.8 Å². The van der Waals surface area contributed by atoms with E-state index in [1.54, 1.807) is 25.8 Å². The van der Waals surface area contributed by atoms with E-state index in [-0.39, 0.29) is 17.8 Å². The number of benzene rings is 3. The largest absolute Gasteiger partial charge is 0.342 e. The van der Waals surface area contributed by atoms with Crippen molar-refractivity contribution in [2.24, 2.45) is 5.73 Å². The maximum Gasteiger partial charge on any atom is 0.318 e. The molecule has 1 aliphatic rings. The molecule has 192 valence electrons. The SMILES string of the molecule is CNC(=O)Nc1ccccc1-c1ccc(CN2Cc3ccccc3C[C@@H](NC(=O)C(C)(C)N)C2=O)cc1. The van der Waals surface area contributed by atoms with Crippen molar-refractivity contribution in [3.8, 4) is 11.1 Å². The van der Waals surface area contributed by atoms with Crippen molar-refractivity contribution < 1.29 is 14.4 Å². The highest BCUT2D eigenvalue weighted by Crippen LogP contribution is 2.29. The molecule has 1 atom stereocenters. The molecule has 0 unspecified atom stereocenters. The fraction of sp³-hybridized carbons (Fsp3) is 0.276. The van der Waals surface area contributed by atoms with Crippen LogP contribution in [0.2, 0.25) is 0 Å². The predicted molar refractivity (Wildman–Crippen MR) is 145 cm³/mol. The van der Waals surface area contributed by atoms with Gasteiger partial charge >= 0.3 is 6.03 Å². The average molecular weight is 500 g/mol. The summed E-state index contributed by atoms with van der Waals surface area (Å²) >= 11 is 0. The van der Waals surface area contributed by atoms with E-state index in [4.69, 9.17) is 5.73 Å². The maximum atomic E-state index is 13.6. The second-order valence-corrected chi connectivity index (χ2v) is 9.86. The Labute approximate surface area is 217 Å². The zero-order chi connectivity index (χ0) is 26.6. The van der Waals surface area contributed by atoms with Gasteiger partial charge in [-0.15, -0.1) is 0 Å². The minimum absolute atomic E-state index is 0.141. The highest BCUT2D eigenvalue weighted by molar-refractivity contribution is 5.94. The molecule has 0 saturated heterocycles. The van der Waals surface area contributed by atoms with Crippen molar-refractivity contribution >= 4 is 23.5 Å². The number of hydrogen-bond donors (Lipinski definition) is 4. The summed E-state index contributed by atoms with van der Waals surface area (Å²) < 4.78 is 0. The summed E-state index contributed by atoms with van der Waals surface area (Å²) in [5.74, 6) is -0.503. The maximum absolute atomic E-state index is 13.6. The Morgan fingerprint density at radius 1 is 0.973 bits per heavy atom. The molecule has 1 aliphatic heterocycles. The molecule has 0 radical (unpaired) electrons. The van der Waals surface area contributed by atoms with Crippen molar-refractivity contribution in [1.29, 1.82) is 0 Å². The lowest BCUT2D eigenvalue weighted by molar-refractivity contribution is -0.138. The Hall–Kier alpha value is -4.17. The molecule has 1 heterocycles. The minimum Gasteiger partial charge on any atom is -0.342 e. The topological polar surface area (TPSA) is 117 Å². The Morgan fingerprint density at radius 3 is 2.30 bits per heavy atom. The third-order valence-electron chi connectivity index (χ3n) is 6.44. The zero-order valence-electron chi connectivity index (χ0n) is 21.4. The molecule has 8 nitrogen and oxygen atoms in total. The molecule has 3 aromatic rings. The average Bonchev–Trinajstić information content (AvgIpc) is 3.00. The Balaban J connectivity index is 1.57. The standard InChI is InChI=1S/C29H33N5O3/c1-29(2,30)27(36)32-25-16-21-8-4-5-9-22(21)18-34(26(25)35)17-19-12-14-20(15-13-19)23-10-6-7-11-24(23)33-28(37)31-3/h4-15,25H,16-18,30H2,1-3H3,(H,32,36)(H2,31,33,37)/t25-/m1/s1. The van der Waals surface area contributed by atoms with Crippen LogP contribution in [-0.4, -0.2) is 41.4 Å². The van der Waals surface area contributed by atoms with Gasteiger partial charge in [-0.2, -0.15) is 0 Å². The summed E-state index contributed by atoms with van der Waals surface area (Å²) in [6.07, 6.45) is 0.418. The molecular weight excluding hydrogens is 466 g/mol. The number of urea groups is 1. The molecule has 4 amide bonds. The van der Waals surface area contributed by atoms with Crippen LogP contribution in [0.3, 0.4) is 0 Å². The Kier molecular flexibility index (Phi) is 7.59. The molecule has 0 aromatic heterocycles. The first kappa shape index (κ1) is 25.9. The van der Waals surface area contributed by atoms with E-state index in [0.717, 1.165) is 27.8 Å². The van der Waals surface area contributed by atoms with E-state index < -0.39 is 11.6 Å². The number of carbonyl (C=O) groups excluding carboxylic acids is 3. The van der Waals surface area contributed by atoms with Crippen LogP contribution < -0.4 is 21.7 Å². The first-order chi connectivity index (χ1) is 17.7. The lowest BCUT2D eigenvalue weighted by Gasteiger charge is -2.27. The molecule has 37 heavy (non-hydrogen) atoms. The number of nitrogens with two attached hydrogens (primary N) is 1. The summed E-state index contributed by atoms with van der Waals surface area (Å²) in [5, 5.41) is 8.28. The predicted octanol–water partition coefficient (Wildman–Crippen LogP) is 3.41. The van der Waals surface area contributed by atoms with Gasteiger partial charge in [0.05, 0.1) is 11.2 Å². The van der Waals surface area contributed by atoms with Crippen LogP contribution in [0.4, 0.5) is 10.5 Å². The number of anilines is 1. The second-order valence-electron chi connectivity index (χ2n) is 9.86. The lowest BCUT2D eigenvalue weighted by Crippen LogP contribution is -2.56. The summed E-state index contributed by atoms with van der Waals surface area (Å²) in [5.41, 5.74) is 10.5. The highest BCUT2D eigenvalue weighted by Gasteiger charge is 2.33. The van der Waals surface area contributed by atoms with Crippen molar-refractivity contribution in [2.75, 3.05) is 12.4 Å². The van der Waals surface area contributed by atoms with Crippen LogP contribution >= 0.6 is 0 Å². The van der Waals surface area contributed by atoms with Gasteiger partial charge in [0.15, 0.2) is 0 Å². The number of nitrogens with one attached hydrogen (secondary N) is 3. The number of nitrogens with zero attached hydrogens (tertiary/aromatic N) is 1. The van der Waals surface area contributed by atoms with Gasteiger partial charge in [-0.25, -0.2) is 4.79 Å². The highest BCUT2D eigenvalue weighted by atomic mass is 16.2. The van der Waals surface area contributed by atoms with Gasteiger partial charge < -0.3 is 26.6 Å². The fourth-order valence-electron chi connectivity index (χ4n) is 4.35. The number of para-hydroxylation sites is 1. The van der Waals surface area contributed by atoms with Crippen molar-refractivity contribution in [3.05, 3.63) is 89.5 Å². The number of carbonyl (C=O) groups is 3. The van der Waals surface area contributed by atoms with Gasteiger partial charge in [-0.05, 0) is 42.2 Å². The van der Waals surface area contributed by atoms with E-state index in [2.05, 4.69) is 16.0 Å². The lowest BCUT2D eigenvalue weighted by atomic mass is 10.0. The first-order valence-corrected chi connectivity index (χ1v) is 12.3. The third kappa shape index (κ3) is 6.16. The van der Waals surface area contributed by atoms with Gasteiger partial charge in [0, 0.05) is 32.1 Å². The van der Waals surface area contributed by atoms with Crippen molar-refractivity contribution in [1.82, 2.24) is 15.5 Å². The zero-order valence-corrected chi connectivity index (χ0v) is 21.4. The molecule has 8 heteroatoms. The molecular formula is C29H33N5O3. The van der Waals surface area contributed by atoms with Gasteiger partial charge in [0.2, 0.25) is 11.8 Å². The summed E-state index contributed by atoms with van der Waals surface area (Å²) in [6.45, 7) is 4.09. The molecule has 0 aliphatic carbocycles. The van der Waals surface area contributed by atoms with E-state index in [1.807, 2.05) is 72.8 Å². The molecule has 0 bridgehead atoms. The van der Waals surface area contributed by atoms with Gasteiger partial charge in [0.25, 0.3) is 0 Å². The normalized spacial score (nSPS) is 15.4. The molecule has 5 N–H and O–H groups in total. The molecule has 4 rings (SSSR count). The Bertz CT molecular complexity index is 1300. The molecule has 3 aromatic carbocycles. The number of hydrogen-bond acceptors (Lipinski definition) is 4. The van der Waals surface area contributed by atoms with Gasteiger partial charge in [-0.1, -0.05) is 66.7 Å². The minimum atomic E-state index is -1.09. The Morgan fingerprint density at radius 2 is 1.62 bits per heavy atom. The van der Waals surface area contributed by atoms with E-state index in [0.29, 0.717) is 25.2 Å². The van der Waals surface area contributed by atoms with Crippen LogP contribution in [-0.2, 0) is 29.1 Å². The van der Waals surface area contributed by atoms with E-state index >= 15 is 0 Å². The van der Waals surface area contributed by atoms with E-state index in [1.165, 1.54) is 0 Å². The molecule has 0 fully saturated rings. The summed E-state index contributed by atoms with van der Waals surface area (Å²) in [7, 11) is 1.57. The molecule has 0 saturated carbocycles. The van der Waals surface area contributed by atoms with Crippen molar-refractivity contribution in [2.45, 2.75) is 44.9 Å². The monoisotopic (exact) mass is 499 g/mol. The number of fused-ring (bicyclic) bond motifs is 1. The van der Waals surface area contributed by atoms with Crippen LogP contribution in [0.25, 0.3) is 11.1 Å². The van der Waals surface area contributed by atoms with E-state index in [9.17, 15) is 14.4 Å². The van der Waals surface area contributed by atoms with Gasteiger partial charge in [-0.3, -0.25) is 9.59 Å². The number of rotatable bonds is 6. The number of amides is 4. The van der Waals surface area contributed by atoms with Crippen LogP contribution in [0, 0.1) is 0 Å². The molecule has 0 spiro atoms. The summed E-state index contributed by atoms with van der Waals surface area (Å²) in [6, 6.07) is 22.4. The van der Waals surface area contributed by atoms with Crippen molar-refractivity contribution in [3.63, 3.8) is 0 Å². The summed E-state index contributed by atoms with van der Waals surface area (Å²) in [4.78, 5) is 39.8. The smallest absolute Gasteiger partial charge is 0.318 e. The second kappa shape index (κ2) is 10.8. The first-order valence-electron chi connectivity index (χ1n) is 12.3. The quantitative estimate of drug-likeness (QED) is 0.416. The van der Waals surface area contributed by atoms with Crippen LogP contribution in [0.5, 0.6) is 0 Å². The fourth-order valence-corrected chi connectivity index (χ4v) is 4.35.